The third-order valence-corrected chi connectivity index (χ3v) is 4.33. The summed E-state index contributed by atoms with van der Waals surface area (Å²) in [5.74, 6) is 0.469. The number of amides is 1. The Morgan fingerprint density at radius 3 is 2.36 bits per heavy atom. The van der Waals surface area contributed by atoms with Crippen LogP contribution in [0, 0.1) is 20.8 Å². The van der Waals surface area contributed by atoms with Gasteiger partial charge in [0.1, 0.15) is 5.75 Å². The molecule has 0 radical (unpaired) electrons. The molecular weight excluding hydrogens is 310 g/mol. The van der Waals surface area contributed by atoms with Gasteiger partial charge in [-0.1, -0.05) is 48.0 Å². The first-order chi connectivity index (χ1) is 12.0. The van der Waals surface area contributed by atoms with Crippen LogP contribution in [0.4, 0.5) is 5.69 Å². The number of carbonyl (C=O) groups is 1. The summed E-state index contributed by atoms with van der Waals surface area (Å²) in [4.78, 5) is 13.1. The number of benzene rings is 3. The van der Waals surface area contributed by atoms with Crippen LogP contribution in [-0.4, -0.2) is 12.5 Å². The van der Waals surface area contributed by atoms with E-state index in [0.717, 1.165) is 27.6 Å². The van der Waals surface area contributed by atoms with E-state index in [4.69, 9.17) is 4.74 Å². The average Bonchev–Trinajstić information content (AvgIpc) is 2.58. The van der Waals surface area contributed by atoms with Crippen molar-refractivity contribution in [3.8, 4) is 5.75 Å². The van der Waals surface area contributed by atoms with E-state index in [9.17, 15) is 4.79 Å². The van der Waals surface area contributed by atoms with Gasteiger partial charge in [0.2, 0.25) is 0 Å². The lowest BCUT2D eigenvalue weighted by Crippen LogP contribution is -2.16. The van der Waals surface area contributed by atoms with Gasteiger partial charge in [-0.2, -0.15) is 0 Å². The van der Waals surface area contributed by atoms with E-state index in [-0.39, 0.29) is 5.91 Å². The number of ether oxygens (including phenoxy) is 1. The van der Waals surface area contributed by atoms with Gasteiger partial charge in [0.15, 0.2) is 0 Å². The number of carbonyl (C=O) groups excluding carboxylic acids is 1. The van der Waals surface area contributed by atoms with Gasteiger partial charge in [-0.25, -0.2) is 0 Å². The van der Waals surface area contributed by atoms with Crippen molar-refractivity contribution in [3.63, 3.8) is 0 Å². The van der Waals surface area contributed by atoms with Crippen LogP contribution in [0.5, 0.6) is 5.75 Å². The van der Waals surface area contributed by atoms with Crippen LogP contribution in [0.3, 0.4) is 0 Å². The molecule has 3 rings (SSSR count). The molecule has 128 valence electrons. The van der Waals surface area contributed by atoms with E-state index in [1.807, 2.05) is 57.2 Å². The van der Waals surface area contributed by atoms with Crippen molar-refractivity contribution in [2.75, 3.05) is 11.9 Å². The zero-order valence-corrected chi connectivity index (χ0v) is 15.1. The van der Waals surface area contributed by atoms with E-state index < -0.39 is 0 Å². The molecule has 3 nitrogen and oxygen atoms in total. The first-order valence-corrected chi connectivity index (χ1v) is 8.55. The highest BCUT2D eigenvalue weighted by Crippen LogP contribution is 2.30. The molecular formula is C22H23NO2. The van der Waals surface area contributed by atoms with Crippen molar-refractivity contribution in [1.82, 2.24) is 0 Å². The summed E-state index contributed by atoms with van der Waals surface area (Å²) in [5.41, 5.74) is 4.76. The summed E-state index contributed by atoms with van der Waals surface area (Å²) in [7, 11) is 0. The minimum Gasteiger partial charge on any atom is -0.493 e. The van der Waals surface area contributed by atoms with E-state index >= 15 is 0 Å². The molecule has 0 aliphatic heterocycles. The third-order valence-electron chi connectivity index (χ3n) is 4.33. The Bertz CT molecular complexity index is 921. The van der Waals surface area contributed by atoms with E-state index in [0.29, 0.717) is 17.9 Å². The molecule has 3 heteroatoms. The molecule has 25 heavy (non-hydrogen) atoms. The zero-order chi connectivity index (χ0) is 18.0. The number of hydrogen-bond donors (Lipinski definition) is 1. The maximum atomic E-state index is 13.1. The minimum absolute atomic E-state index is 0.143. The predicted molar refractivity (Wildman–Crippen MR) is 104 cm³/mol. The van der Waals surface area contributed by atoms with Crippen molar-refractivity contribution < 1.29 is 9.53 Å². The monoisotopic (exact) mass is 333 g/mol. The maximum Gasteiger partial charge on any atom is 0.260 e. The molecule has 0 saturated carbocycles. The standard InChI is InChI=1S/C22H23NO2/c1-5-25-19-11-10-17-8-6-7-9-18(17)20(19)22(24)23-21-15(3)12-14(2)13-16(21)4/h6-13H,5H2,1-4H3,(H,23,24). The lowest BCUT2D eigenvalue weighted by molar-refractivity contribution is 0.102. The van der Waals surface area contributed by atoms with Crippen LogP contribution in [0.1, 0.15) is 34.0 Å². The molecule has 0 aromatic heterocycles. The Morgan fingerprint density at radius 2 is 1.68 bits per heavy atom. The van der Waals surface area contributed by atoms with Crippen LogP contribution < -0.4 is 10.1 Å². The largest absolute Gasteiger partial charge is 0.493 e. The second-order valence-corrected chi connectivity index (χ2v) is 6.32. The highest BCUT2D eigenvalue weighted by atomic mass is 16.5. The van der Waals surface area contributed by atoms with E-state index in [2.05, 4.69) is 24.4 Å². The summed E-state index contributed by atoms with van der Waals surface area (Å²) in [6, 6.07) is 15.9. The van der Waals surface area contributed by atoms with E-state index in [1.165, 1.54) is 5.56 Å². The minimum atomic E-state index is -0.143. The van der Waals surface area contributed by atoms with Crippen molar-refractivity contribution in [3.05, 3.63) is 70.8 Å². The van der Waals surface area contributed by atoms with Crippen LogP contribution in [0.25, 0.3) is 10.8 Å². The molecule has 0 fully saturated rings. The second kappa shape index (κ2) is 6.98. The van der Waals surface area contributed by atoms with Gasteiger partial charge in [-0.3, -0.25) is 4.79 Å². The molecule has 0 saturated heterocycles. The number of aryl methyl sites for hydroxylation is 3. The number of nitrogens with one attached hydrogen (secondary N) is 1. The smallest absolute Gasteiger partial charge is 0.260 e. The molecule has 0 atom stereocenters. The van der Waals surface area contributed by atoms with Gasteiger partial charge in [0.25, 0.3) is 5.91 Å². The van der Waals surface area contributed by atoms with Crippen molar-refractivity contribution in [1.29, 1.82) is 0 Å². The quantitative estimate of drug-likeness (QED) is 0.692. The molecule has 0 aliphatic rings. The fraction of sp³-hybridized carbons (Fsp3) is 0.227. The predicted octanol–water partition coefficient (Wildman–Crippen LogP) is 5.42. The number of rotatable bonds is 4. The van der Waals surface area contributed by atoms with Crippen LogP contribution >= 0.6 is 0 Å². The first-order valence-electron chi connectivity index (χ1n) is 8.55. The fourth-order valence-corrected chi connectivity index (χ4v) is 3.31. The van der Waals surface area contributed by atoms with Gasteiger partial charge in [-0.05, 0) is 55.7 Å². The Kier molecular flexibility index (Phi) is 4.75. The fourth-order valence-electron chi connectivity index (χ4n) is 3.31. The molecule has 3 aromatic carbocycles. The number of hydrogen-bond acceptors (Lipinski definition) is 2. The summed E-state index contributed by atoms with van der Waals surface area (Å²) >= 11 is 0. The van der Waals surface area contributed by atoms with Crippen LogP contribution in [0.2, 0.25) is 0 Å². The SMILES string of the molecule is CCOc1ccc2ccccc2c1C(=O)Nc1c(C)cc(C)cc1C. The van der Waals surface area contributed by atoms with Gasteiger partial charge >= 0.3 is 0 Å². The molecule has 1 amide bonds. The molecule has 0 unspecified atom stereocenters. The van der Waals surface area contributed by atoms with Gasteiger partial charge in [-0.15, -0.1) is 0 Å². The highest BCUT2D eigenvalue weighted by molar-refractivity contribution is 6.15. The topological polar surface area (TPSA) is 38.3 Å². The summed E-state index contributed by atoms with van der Waals surface area (Å²) < 4.78 is 5.72. The highest BCUT2D eigenvalue weighted by Gasteiger charge is 2.18. The maximum absolute atomic E-state index is 13.1. The lowest BCUT2D eigenvalue weighted by atomic mass is 10.0. The third kappa shape index (κ3) is 3.36. The summed E-state index contributed by atoms with van der Waals surface area (Å²) in [6.07, 6.45) is 0. The number of fused-ring (bicyclic) bond motifs is 1. The van der Waals surface area contributed by atoms with E-state index in [1.54, 1.807) is 0 Å². The molecule has 0 aliphatic carbocycles. The number of anilines is 1. The van der Waals surface area contributed by atoms with Crippen molar-refractivity contribution in [2.24, 2.45) is 0 Å². The molecule has 1 N–H and O–H groups in total. The normalized spacial score (nSPS) is 10.7. The first kappa shape index (κ1) is 17.0. The van der Waals surface area contributed by atoms with Gasteiger partial charge < -0.3 is 10.1 Å². The summed E-state index contributed by atoms with van der Waals surface area (Å²) in [5, 5.41) is 5.01. The van der Waals surface area contributed by atoms with Gasteiger partial charge in [0, 0.05) is 5.69 Å². The molecule has 0 heterocycles. The second-order valence-electron chi connectivity index (χ2n) is 6.32. The van der Waals surface area contributed by atoms with Crippen LogP contribution in [0.15, 0.2) is 48.5 Å². The van der Waals surface area contributed by atoms with Gasteiger partial charge in [0.05, 0.1) is 12.2 Å². The van der Waals surface area contributed by atoms with Crippen molar-refractivity contribution >= 4 is 22.4 Å². The summed E-state index contributed by atoms with van der Waals surface area (Å²) in [6.45, 7) is 8.53. The van der Waals surface area contributed by atoms with Crippen molar-refractivity contribution in [2.45, 2.75) is 27.7 Å². The van der Waals surface area contributed by atoms with Crippen LogP contribution in [-0.2, 0) is 0 Å². The molecule has 0 spiro atoms. The Morgan fingerprint density at radius 1 is 1.00 bits per heavy atom. The Hall–Kier alpha value is -2.81. The lowest BCUT2D eigenvalue weighted by Gasteiger charge is -2.16. The zero-order valence-electron chi connectivity index (χ0n) is 15.1. The Labute approximate surface area is 148 Å². The average molecular weight is 333 g/mol. The molecule has 0 bridgehead atoms. The Balaban J connectivity index is 2.09. The molecule has 3 aromatic rings.